The first kappa shape index (κ1) is 12.4. The smallest absolute Gasteiger partial charge is 0.0602 e. The van der Waals surface area contributed by atoms with E-state index in [1.165, 1.54) is 18.4 Å². The molecule has 1 heterocycles. The van der Waals surface area contributed by atoms with Gasteiger partial charge in [0.1, 0.15) is 0 Å². The Bertz CT molecular complexity index is 287. The van der Waals surface area contributed by atoms with Gasteiger partial charge in [0.15, 0.2) is 0 Å². The molecule has 0 bridgehead atoms. The number of hydrogen-bond donors (Lipinski definition) is 0. The van der Waals surface area contributed by atoms with Crippen LogP contribution < -0.4 is 0 Å². The number of ether oxygens (including phenoxy) is 1. The first-order valence-corrected chi connectivity index (χ1v) is 7.26. The normalized spacial score (nSPS) is 15.9. The summed E-state index contributed by atoms with van der Waals surface area (Å²) in [5, 5.41) is 4.37. The monoisotopic (exact) mass is 259 g/mol. The van der Waals surface area contributed by atoms with Crippen molar-refractivity contribution < 1.29 is 4.74 Å². The van der Waals surface area contributed by atoms with E-state index in [1.54, 1.807) is 11.3 Å². The minimum atomic E-state index is 0.591. The Hall–Kier alpha value is -0.0900. The molecule has 0 spiro atoms. The van der Waals surface area contributed by atoms with Crippen molar-refractivity contribution in [3.63, 3.8) is 0 Å². The van der Waals surface area contributed by atoms with Crippen molar-refractivity contribution in [1.82, 2.24) is 4.90 Å². The SMILES string of the molecule is ClCCOCCN(Cc1ccsc1)C1CC1. The molecule has 0 atom stereocenters. The third-order valence-electron chi connectivity index (χ3n) is 2.77. The van der Waals surface area contributed by atoms with Gasteiger partial charge in [-0.3, -0.25) is 4.90 Å². The summed E-state index contributed by atoms with van der Waals surface area (Å²) in [4.78, 5) is 2.52. The largest absolute Gasteiger partial charge is 0.379 e. The van der Waals surface area contributed by atoms with Crippen LogP contribution in [0.25, 0.3) is 0 Å². The van der Waals surface area contributed by atoms with E-state index in [0.29, 0.717) is 12.5 Å². The van der Waals surface area contributed by atoms with Crippen LogP contribution in [-0.2, 0) is 11.3 Å². The van der Waals surface area contributed by atoms with Crippen LogP contribution >= 0.6 is 22.9 Å². The number of hydrogen-bond acceptors (Lipinski definition) is 3. The maximum atomic E-state index is 5.57. The van der Waals surface area contributed by atoms with Crippen molar-refractivity contribution in [2.45, 2.75) is 25.4 Å². The maximum Gasteiger partial charge on any atom is 0.0602 e. The van der Waals surface area contributed by atoms with E-state index in [4.69, 9.17) is 16.3 Å². The van der Waals surface area contributed by atoms with E-state index in [0.717, 1.165) is 25.7 Å². The maximum absolute atomic E-state index is 5.57. The topological polar surface area (TPSA) is 12.5 Å². The average molecular weight is 260 g/mol. The van der Waals surface area contributed by atoms with E-state index in [1.807, 2.05) is 0 Å². The summed E-state index contributed by atoms with van der Waals surface area (Å²) in [5.41, 5.74) is 1.43. The fourth-order valence-corrected chi connectivity index (χ4v) is 2.55. The summed E-state index contributed by atoms with van der Waals surface area (Å²) in [5.74, 6) is 0.591. The summed E-state index contributed by atoms with van der Waals surface area (Å²) in [6.07, 6.45) is 2.69. The molecule has 16 heavy (non-hydrogen) atoms. The Labute approximate surface area is 106 Å². The van der Waals surface area contributed by atoms with Gasteiger partial charge < -0.3 is 4.74 Å². The molecule has 0 radical (unpaired) electrons. The average Bonchev–Trinajstić information content (AvgIpc) is 3.02. The van der Waals surface area contributed by atoms with Gasteiger partial charge in [-0.1, -0.05) is 0 Å². The Balaban J connectivity index is 1.72. The Morgan fingerprint density at radius 3 is 2.94 bits per heavy atom. The number of halogens is 1. The molecule has 1 aromatic rings. The molecule has 1 aliphatic rings. The van der Waals surface area contributed by atoms with Crippen molar-refractivity contribution in [3.05, 3.63) is 22.4 Å². The minimum Gasteiger partial charge on any atom is -0.379 e. The van der Waals surface area contributed by atoms with Gasteiger partial charge in [0, 0.05) is 25.0 Å². The van der Waals surface area contributed by atoms with E-state index >= 15 is 0 Å². The van der Waals surface area contributed by atoms with E-state index in [2.05, 4.69) is 21.7 Å². The van der Waals surface area contributed by atoms with E-state index in [9.17, 15) is 0 Å². The second kappa shape index (κ2) is 6.60. The van der Waals surface area contributed by atoms with Crippen LogP contribution in [0.15, 0.2) is 16.8 Å². The molecule has 0 aromatic carbocycles. The van der Waals surface area contributed by atoms with E-state index < -0.39 is 0 Å². The fourth-order valence-electron chi connectivity index (χ4n) is 1.79. The summed E-state index contributed by atoms with van der Waals surface area (Å²) >= 11 is 7.34. The molecule has 1 aromatic heterocycles. The third kappa shape index (κ3) is 4.06. The highest BCUT2D eigenvalue weighted by atomic mass is 35.5. The molecular formula is C12H18ClNOS. The summed E-state index contributed by atoms with van der Waals surface area (Å²) in [6.45, 7) is 3.56. The predicted molar refractivity (Wildman–Crippen MR) is 69.3 cm³/mol. The van der Waals surface area contributed by atoms with Crippen LogP contribution in [0.4, 0.5) is 0 Å². The lowest BCUT2D eigenvalue weighted by molar-refractivity contribution is 0.109. The van der Waals surface area contributed by atoms with Crippen LogP contribution in [0.5, 0.6) is 0 Å². The van der Waals surface area contributed by atoms with Crippen molar-refractivity contribution in [3.8, 4) is 0 Å². The standard InChI is InChI=1S/C12H18ClNOS/c13-4-6-15-7-5-14(12-1-2-12)9-11-3-8-16-10-11/h3,8,10,12H,1-2,4-7,9H2. The van der Waals surface area contributed by atoms with Gasteiger partial charge in [0.2, 0.25) is 0 Å². The molecule has 0 unspecified atom stereocenters. The van der Waals surface area contributed by atoms with Crippen LogP contribution in [0.3, 0.4) is 0 Å². The van der Waals surface area contributed by atoms with Gasteiger partial charge in [-0.05, 0) is 35.2 Å². The summed E-state index contributed by atoms with van der Waals surface area (Å²) < 4.78 is 5.44. The first-order valence-electron chi connectivity index (χ1n) is 5.79. The minimum absolute atomic E-state index is 0.591. The van der Waals surface area contributed by atoms with Crippen LogP contribution in [0, 0.1) is 0 Å². The lowest BCUT2D eigenvalue weighted by Gasteiger charge is -2.21. The van der Waals surface area contributed by atoms with E-state index in [-0.39, 0.29) is 0 Å². The van der Waals surface area contributed by atoms with Gasteiger partial charge in [-0.2, -0.15) is 11.3 Å². The molecule has 0 amide bonds. The molecule has 0 N–H and O–H groups in total. The van der Waals surface area contributed by atoms with Crippen molar-refractivity contribution in [1.29, 1.82) is 0 Å². The molecule has 90 valence electrons. The number of nitrogens with zero attached hydrogens (tertiary/aromatic N) is 1. The van der Waals surface area contributed by atoms with Gasteiger partial charge in [-0.15, -0.1) is 11.6 Å². The highest BCUT2D eigenvalue weighted by molar-refractivity contribution is 7.07. The zero-order valence-electron chi connectivity index (χ0n) is 9.40. The van der Waals surface area contributed by atoms with Gasteiger partial charge in [0.05, 0.1) is 13.2 Å². The first-order chi connectivity index (χ1) is 7.90. The summed E-state index contributed by atoms with van der Waals surface area (Å²) in [7, 11) is 0. The molecule has 1 fully saturated rings. The molecule has 1 saturated carbocycles. The zero-order valence-corrected chi connectivity index (χ0v) is 11.0. The molecule has 2 nitrogen and oxygen atoms in total. The van der Waals surface area contributed by atoms with Crippen LogP contribution in [-0.4, -0.2) is 36.6 Å². The summed E-state index contributed by atoms with van der Waals surface area (Å²) in [6, 6.07) is 3.00. The lowest BCUT2D eigenvalue weighted by Crippen LogP contribution is -2.29. The molecular weight excluding hydrogens is 242 g/mol. The van der Waals surface area contributed by atoms with Gasteiger partial charge in [-0.25, -0.2) is 0 Å². The van der Waals surface area contributed by atoms with Crippen LogP contribution in [0.2, 0.25) is 0 Å². The quantitative estimate of drug-likeness (QED) is 0.526. The van der Waals surface area contributed by atoms with Gasteiger partial charge >= 0.3 is 0 Å². The predicted octanol–water partition coefficient (Wildman–Crippen LogP) is 2.97. The van der Waals surface area contributed by atoms with Crippen LogP contribution in [0.1, 0.15) is 18.4 Å². The Kier molecular flexibility index (Phi) is 5.10. The molecule has 1 aliphatic carbocycles. The van der Waals surface area contributed by atoms with Crippen molar-refractivity contribution in [2.75, 3.05) is 25.6 Å². The lowest BCUT2D eigenvalue weighted by atomic mass is 10.3. The Morgan fingerprint density at radius 2 is 2.31 bits per heavy atom. The second-order valence-electron chi connectivity index (χ2n) is 4.13. The van der Waals surface area contributed by atoms with Crippen molar-refractivity contribution in [2.24, 2.45) is 0 Å². The molecule has 0 saturated heterocycles. The van der Waals surface area contributed by atoms with Gasteiger partial charge in [0.25, 0.3) is 0 Å². The number of rotatable bonds is 8. The zero-order chi connectivity index (χ0) is 11.2. The molecule has 4 heteroatoms. The highest BCUT2D eigenvalue weighted by Gasteiger charge is 2.28. The Morgan fingerprint density at radius 1 is 1.44 bits per heavy atom. The fraction of sp³-hybridized carbons (Fsp3) is 0.667. The third-order valence-corrected chi connectivity index (χ3v) is 3.66. The number of thiophene rings is 1. The van der Waals surface area contributed by atoms with Crippen molar-refractivity contribution >= 4 is 22.9 Å². The number of alkyl halides is 1. The highest BCUT2D eigenvalue weighted by Crippen LogP contribution is 2.28. The second-order valence-corrected chi connectivity index (χ2v) is 5.29. The molecule has 0 aliphatic heterocycles. The molecule has 2 rings (SSSR count).